The standard InChI is InChI=1S/C51H83O16P/c1-3-5-7-8-9-10-11-12-13-14-15-16-17-18-19-20-21-22-27-31-44(55)64-36-39-37-65-68(62,63)67-51-49(60)47(58)41(34-33-38(52)29-25-6-4-2)43(54)35-42(53)40(46(57)48(59)50(51)61)30-26-23-24-28-32-45(56)66-39/h9-10,12-13,15-16,18-19,23,26,33-34,38-42,46-53,57-61H,3-8,11,14,17,20-22,24-25,27-32,35-37H2,1-2H3,(H,62,63)/b10-9-,13-12-,16-15-,19-18-,26-23-,34-33+/t38-,39+,40-,41-,42-,46+,47+,48-,49+,50+,51+/m0/s1. The van der Waals surface area contributed by atoms with Crippen molar-refractivity contribution in [2.45, 2.75) is 204 Å². The molecule has 0 saturated heterocycles. The van der Waals surface area contributed by atoms with Crippen molar-refractivity contribution >= 4 is 25.5 Å². The molecule has 0 radical (unpaired) electrons. The summed E-state index contributed by atoms with van der Waals surface area (Å²) in [5, 5.41) is 78.4. The number of phosphoric ester groups is 1. The summed E-state index contributed by atoms with van der Waals surface area (Å²) < 4.78 is 34.6. The Morgan fingerprint density at radius 1 is 0.779 bits per heavy atom. The summed E-state index contributed by atoms with van der Waals surface area (Å²) >= 11 is 0. The van der Waals surface area contributed by atoms with E-state index in [4.69, 9.17) is 18.5 Å². The highest BCUT2D eigenvalue weighted by Crippen LogP contribution is 2.47. The molecule has 0 aromatic heterocycles. The fourth-order valence-corrected chi connectivity index (χ4v) is 8.72. The molecule has 17 heteroatoms. The number of fused-ring (bicyclic) bond motifs is 4. The first-order valence-electron chi connectivity index (χ1n) is 24.8. The zero-order chi connectivity index (χ0) is 50.2. The lowest BCUT2D eigenvalue weighted by Crippen LogP contribution is -2.55. The van der Waals surface area contributed by atoms with Crippen molar-refractivity contribution < 1.29 is 78.1 Å². The highest BCUT2D eigenvalue weighted by molar-refractivity contribution is 7.47. The molecule has 1 aliphatic heterocycles. The van der Waals surface area contributed by atoms with Crippen LogP contribution in [0.25, 0.3) is 0 Å². The van der Waals surface area contributed by atoms with Crippen LogP contribution >= 0.6 is 7.82 Å². The Kier molecular flexibility index (Phi) is 32.2. The summed E-state index contributed by atoms with van der Waals surface area (Å²) in [4.78, 5) is 50.1. The SMILES string of the molecule is CCCCC/C=C\C/C=C\C/C=C\C/C=C\CCCCCC(=O)OC[C@@H]1COP(=O)(O)O[C@H]2[C@H](O)[C@@H](O)[C@H](O)[C@@H](C/C=C\CCCC(=O)O1)[C@@H](O)CC(=O)[C@H](/C=C/[C@@H](O)CCCCC)[C@@H](O)[C@H]2O. The Morgan fingerprint density at radius 2 is 1.38 bits per heavy atom. The number of rotatable bonds is 24. The van der Waals surface area contributed by atoms with Crippen molar-refractivity contribution in [3.05, 3.63) is 72.9 Å². The van der Waals surface area contributed by atoms with Gasteiger partial charge in [0.25, 0.3) is 0 Å². The smallest absolute Gasteiger partial charge is 0.462 e. The van der Waals surface area contributed by atoms with Gasteiger partial charge in [-0.2, -0.15) is 0 Å². The molecular formula is C51H83O16P. The van der Waals surface area contributed by atoms with Crippen molar-refractivity contribution in [3.8, 4) is 0 Å². The molecule has 0 aromatic carbocycles. The summed E-state index contributed by atoms with van der Waals surface area (Å²) in [6, 6.07) is 0. The number of Topliss-reactive ketones (excluding diaryl/α,β-unsaturated/α-hetero) is 1. The van der Waals surface area contributed by atoms with Gasteiger partial charge in [-0.3, -0.25) is 23.4 Å². The van der Waals surface area contributed by atoms with Crippen LogP contribution in [0.3, 0.4) is 0 Å². The Bertz CT molecular complexity index is 1640. The van der Waals surface area contributed by atoms with Crippen LogP contribution in [0.5, 0.6) is 0 Å². The Labute approximate surface area is 404 Å². The molecule has 1 saturated carbocycles. The molecule has 1 aliphatic carbocycles. The molecule has 1 heterocycles. The second-order valence-electron chi connectivity index (χ2n) is 17.7. The van der Waals surface area contributed by atoms with Gasteiger partial charge in [-0.15, -0.1) is 0 Å². The molecule has 8 N–H and O–H groups in total. The third-order valence-corrected chi connectivity index (χ3v) is 12.9. The van der Waals surface area contributed by atoms with E-state index in [1.165, 1.54) is 25.3 Å². The largest absolute Gasteiger partial charge is 0.472 e. The molecule has 12 atom stereocenters. The summed E-state index contributed by atoms with van der Waals surface area (Å²) in [6.07, 6.45) is 17.8. The van der Waals surface area contributed by atoms with E-state index >= 15 is 0 Å². The van der Waals surface area contributed by atoms with Crippen LogP contribution in [-0.2, 0) is 37.5 Å². The zero-order valence-electron chi connectivity index (χ0n) is 40.3. The molecular weight excluding hydrogens is 900 g/mol. The lowest BCUT2D eigenvalue weighted by molar-refractivity contribution is -0.166. The van der Waals surface area contributed by atoms with Gasteiger partial charge in [0.05, 0.1) is 36.9 Å². The molecule has 2 bridgehead atoms. The van der Waals surface area contributed by atoms with Crippen molar-refractivity contribution in [3.63, 3.8) is 0 Å². The number of ketones is 1. The van der Waals surface area contributed by atoms with Gasteiger partial charge >= 0.3 is 19.8 Å². The maximum absolute atomic E-state index is 13.7. The molecule has 16 nitrogen and oxygen atoms in total. The molecule has 0 amide bonds. The number of allylic oxidation sites excluding steroid dienone is 10. The van der Waals surface area contributed by atoms with Crippen LogP contribution in [0.4, 0.5) is 0 Å². The molecule has 2 aliphatic rings. The van der Waals surface area contributed by atoms with Gasteiger partial charge in [0.15, 0.2) is 6.10 Å². The van der Waals surface area contributed by atoms with E-state index in [1.54, 1.807) is 12.2 Å². The van der Waals surface area contributed by atoms with Crippen molar-refractivity contribution in [2.24, 2.45) is 11.8 Å². The first-order chi connectivity index (χ1) is 32.6. The molecule has 68 heavy (non-hydrogen) atoms. The summed E-state index contributed by atoms with van der Waals surface area (Å²) in [6.45, 7) is 2.74. The number of cyclic esters (lactones) is 1. The van der Waals surface area contributed by atoms with E-state index in [0.717, 1.165) is 63.9 Å². The lowest BCUT2D eigenvalue weighted by Gasteiger charge is -2.36. The summed E-state index contributed by atoms with van der Waals surface area (Å²) in [7, 11) is -5.47. The van der Waals surface area contributed by atoms with Crippen molar-refractivity contribution in [1.29, 1.82) is 0 Å². The number of esters is 2. The monoisotopic (exact) mass is 983 g/mol. The number of ether oxygens (including phenoxy) is 2. The van der Waals surface area contributed by atoms with Crippen LogP contribution < -0.4 is 0 Å². The first kappa shape index (κ1) is 61.0. The zero-order valence-corrected chi connectivity index (χ0v) is 41.2. The fourth-order valence-electron chi connectivity index (χ4n) is 7.75. The van der Waals surface area contributed by atoms with E-state index in [2.05, 4.69) is 55.5 Å². The summed E-state index contributed by atoms with van der Waals surface area (Å²) in [5.41, 5.74) is 0. The minimum Gasteiger partial charge on any atom is -0.462 e. The maximum Gasteiger partial charge on any atom is 0.472 e. The number of carbonyl (C=O) groups is 3. The lowest BCUT2D eigenvalue weighted by atomic mass is 9.83. The second-order valence-corrected chi connectivity index (χ2v) is 19.2. The summed E-state index contributed by atoms with van der Waals surface area (Å²) in [5.74, 6) is -5.19. The van der Waals surface area contributed by atoms with E-state index in [-0.39, 0.29) is 25.7 Å². The molecule has 0 aromatic rings. The highest BCUT2D eigenvalue weighted by Gasteiger charge is 2.49. The van der Waals surface area contributed by atoms with Gasteiger partial charge in [-0.25, -0.2) is 4.57 Å². The van der Waals surface area contributed by atoms with Crippen LogP contribution in [0.1, 0.15) is 149 Å². The third-order valence-electron chi connectivity index (χ3n) is 11.9. The van der Waals surface area contributed by atoms with Gasteiger partial charge in [0, 0.05) is 25.2 Å². The van der Waals surface area contributed by atoms with E-state index in [1.807, 2.05) is 6.92 Å². The second kappa shape index (κ2) is 35.9. The quantitative estimate of drug-likeness (QED) is 0.0212. The first-order valence-corrected chi connectivity index (χ1v) is 26.3. The Hall–Kier alpha value is -3.12. The maximum atomic E-state index is 13.7. The predicted octanol–water partition coefficient (Wildman–Crippen LogP) is 6.87. The molecule has 0 spiro atoms. The number of phosphoric acid groups is 1. The van der Waals surface area contributed by atoms with Crippen molar-refractivity contribution in [1.82, 2.24) is 0 Å². The molecule has 2 rings (SSSR count). The fraction of sp³-hybridized carbons (Fsp3) is 0.706. The minimum atomic E-state index is -5.47. The minimum absolute atomic E-state index is 0.0619. The Balaban J connectivity index is 2.09. The van der Waals surface area contributed by atoms with Gasteiger partial charge in [-0.05, 0) is 77.0 Å². The van der Waals surface area contributed by atoms with Gasteiger partial charge in [0.2, 0.25) is 0 Å². The van der Waals surface area contributed by atoms with Crippen LogP contribution in [0.15, 0.2) is 72.9 Å². The van der Waals surface area contributed by atoms with Gasteiger partial charge in [0.1, 0.15) is 36.8 Å². The van der Waals surface area contributed by atoms with Crippen molar-refractivity contribution in [2.75, 3.05) is 13.2 Å². The molecule has 1 unspecified atom stereocenters. The Morgan fingerprint density at radius 3 is 2.03 bits per heavy atom. The average Bonchev–Trinajstić information content (AvgIpc) is 3.31. The van der Waals surface area contributed by atoms with Gasteiger partial charge in [-0.1, -0.05) is 125 Å². The highest BCUT2D eigenvalue weighted by atomic mass is 31.2. The number of aliphatic hydroxyl groups is 7. The normalized spacial score (nSPS) is 30.9. The predicted molar refractivity (Wildman–Crippen MR) is 259 cm³/mol. The van der Waals surface area contributed by atoms with E-state index in [0.29, 0.717) is 25.7 Å². The van der Waals surface area contributed by atoms with E-state index < -0.39 is 112 Å². The van der Waals surface area contributed by atoms with Crippen LogP contribution in [-0.4, -0.2) is 127 Å². The third kappa shape index (κ3) is 25.7. The molecule has 1 fully saturated rings. The number of aliphatic hydroxyl groups excluding tert-OH is 7. The van der Waals surface area contributed by atoms with Crippen LogP contribution in [0.2, 0.25) is 0 Å². The number of unbranched alkanes of at least 4 members (excludes halogenated alkanes) is 8. The topological polar surface area (TPSA) is 267 Å². The van der Waals surface area contributed by atoms with Crippen LogP contribution in [0, 0.1) is 11.8 Å². The number of hydrogen-bond donors (Lipinski definition) is 8. The number of carbonyl (C=O) groups excluding carboxylic acids is 3. The molecule has 388 valence electrons. The van der Waals surface area contributed by atoms with E-state index in [9.17, 15) is 59.6 Å². The van der Waals surface area contributed by atoms with Gasteiger partial charge < -0.3 is 50.1 Å². The average molecular weight is 983 g/mol. The number of hydrogen-bond acceptors (Lipinski definition) is 15.